The Morgan fingerprint density at radius 1 is 1.00 bits per heavy atom. The second kappa shape index (κ2) is 4.56. The van der Waals surface area contributed by atoms with Crippen molar-refractivity contribution in [3.63, 3.8) is 0 Å². The summed E-state index contributed by atoms with van der Waals surface area (Å²) in [5.41, 5.74) is 3.65. The number of aryl methyl sites for hydroxylation is 1. The lowest BCUT2D eigenvalue weighted by Gasteiger charge is -2.20. The van der Waals surface area contributed by atoms with Gasteiger partial charge >= 0.3 is 0 Å². The van der Waals surface area contributed by atoms with Gasteiger partial charge in [-0.25, -0.2) is 0 Å². The van der Waals surface area contributed by atoms with Crippen molar-refractivity contribution in [2.45, 2.75) is 20.8 Å². The fourth-order valence-electron chi connectivity index (χ4n) is 1.81. The van der Waals surface area contributed by atoms with E-state index in [1.807, 2.05) is 0 Å². The normalized spacial score (nSPS) is 24.1. The van der Waals surface area contributed by atoms with Crippen LogP contribution in [0.2, 0.25) is 0 Å². The first-order valence-electron chi connectivity index (χ1n) is 5.89. The summed E-state index contributed by atoms with van der Waals surface area (Å²) >= 11 is 0. The van der Waals surface area contributed by atoms with Gasteiger partial charge in [0.25, 0.3) is 0 Å². The summed E-state index contributed by atoms with van der Waals surface area (Å²) in [6.45, 7) is 6.61. The Balaban J connectivity index is 2.08. The summed E-state index contributed by atoms with van der Waals surface area (Å²) in [6.07, 6.45) is 6.73. The van der Waals surface area contributed by atoms with Gasteiger partial charge in [0.2, 0.25) is 0 Å². The van der Waals surface area contributed by atoms with Crippen molar-refractivity contribution in [3.8, 4) is 0 Å². The Morgan fingerprint density at radius 3 is 2.31 bits per heavy atom. The van der Waals surface area contributed by atoms with Gasteiger partial charge < -0.3 is 5.32 Å². The monoisotopic (exact) mass is 213 g/mol. The molecule has 1 nitrogen and oxygen atoms in total. The molecule has 1 aromatic carbocycles. The van der Waals surface area contributed by atoms with Crippen molar-refractivity contribution in [1.29, 1.82) is 0 Å². The maximum absolute atomic E-state index is 3.43. The van der Waals surface area contributed by atoms with Crippen LogP contribution in [-0.2, 0) is 0 Å². The lowest BCUT2D eigenvalue weighted by Crippen LogP contribution is -2.10. The molecule has 0 saturated carbocycles. The van der Waals surface area contributed by atoms with Crippen molar-refractivity contribution < 1.29 is 0 Å². The van der Waals surface area contributed by atoms with E-state index >= 15 is 0 Å². The highest BCUT2D eigenvalue weighted by atomic mass is 14.9. The molecule has 2 rings (SSSR count). The van der Waals surface area contributed by atoms with E-state index in [-0.39, 0.29) is 0 Å². The van der Waals surface area contributed by atoms with Gasteiger partial charge in [0.15, 0.2) is 0 Å². The van der Waals surface area contributed by atoms with Crippen LogP contribution in [0.15, 0.2) is 48.2 Å². The van der Waals surface area contributed by atoms with Crippen LogP contribution in [0.4, 0.5) is 5.69 Å². The van der Waals surface area contributed by atoms with Gasteiger partial charge in [-0.3, -0.25) is 0 Å². The molecule has 1 aliphatic carbocycles. The molecule has 0 radical (unpaired) electrons. The topological polar surface area (TPSA) is 12.0 Å². The first kappa shape index (κ1) is 11.0. The van der Waals surface area contributed by atoms with Crippen LogP contribution >= 0.6 is 0 Å². The van der Waals surface area contributed by atoms with E-state index in [1.165, 1.54) is 11.3 Å². The lowest BCUT2D eigenvalue weighted by molar-refractivity contribution is 0.549. The molecule has 1 aromatic rings. The molecule has 84 valence electrons. The molecule has 1 heteroatoms. The summed E-state index contributed by atoms with van der Waals surface area (Å²) < 4.78 is 0. The summed E-state index contributed by atoms with van der Waals surface area (Å²) in [7, 11) is 0. The molecule has 2 atom stereocenters. The summed E-state index contributed by atoms with van der Waals surface area (Å²) in [6, 6.07) is 8.49. The Hall–Kier alpha value is -1.50. The minimum Gasteiger partial charge on any atom is -0.356 e. The maximum Gasteiger partial charge on any atom is 0.0384 e. The highest BCUT2D eigenvalue weighted by Gasteiger charge is 2.11. The van der Waals surface area contributed by atoms with E-state index in [9.17, 15) is 0 Å². The molecule has 0 amide bonds. The number of nitrogens with one attached hydrogen (secondary N) is 1. The van der Waals surface area contributed by atoms with E-state index in [0.717, 1.165) is 5.69 Å². The molecule has 0 aromatic heterocycles. The van der Waals surface area contributed by atoms with Gasteiger partial charge in [-0.1, -0.05) is 43.7 Å². The van der Waals surface area contributed by atoms with Gasteiger partial charge in [0.1, 0.15) is 0 Å². The molecule has 2 unspecified atom stereocenters. The van der Waals surface area contributed by atoms with Crippen LogP contribution in [0.1, 0.15) is 19.4 Å². The standard InChI is InChI=1S/C15H19N/c1-11-4-7-14(8-5-11)16-15-9-6-12(2)13(3)10-15/h4-10,12-13,16H,1-3H3. The highest BCUT2D eigenvalue weighted by molar-refractivity contribution is 5.52. The zero-order valence-corrected chi connectivity index (χ0v) is 10.2. The first-order chi connectivity index (χ1) is 7.65. The van der Waals surface area contributed by atoms with E-state index in [1.54, 1.807) is 0 Å². The molecule has 0 heterocycles. The van der Waals surface area contributed by atoms with Crippen LogP contribution in [0, 0.1) is 18.8 Å². The summed E-state index contributed by atoms with van der Waals surface area (Å²) in [4.78, 5) is 0. The second-order valence-electron chi connectivity index (χ2n) is 4.69. The highest BCUT2D eigenvalue weighted by Crippen LogP contribution is 2.23. The van der Waals surface area contributed by atoms with Crippen molar-refractivity contribution >= 4 is 5.69 Å². The van der Waals surface area contributed by atoms with Crippen LogP contribution in [-0.4, -0.2) is 0 Å². The van der Waals surface area contributed by atoms with Crippen LogP contribution < -0.4 is 5.32 Å². The molecule has 16 heavy (non-hydrogen) atoms. The van der Waals surface area contributed by atoms with Gasteiger partial charge in [0.05, 0.1) is 0 Å². The largest absolute Gasteiger partial charge is 0.356 e. The van der Waals surface area contributed by atoms with Gasteiger partial charge in [-0.15, -0.1) is 0 Å². The van der Waals surface area contributed by atoms with Crippen molar-refractivity contribution in [2.75, 3.05) is 5.32 Å². The Labute approximate surface area is 97.9 Å². The fourth-order valence-corrected chi connectivity index (χ4v) is 1.81. The molecule has 0 bridgehead atoms. The van der Waals surface area contributed by atoms with Gasteiger partial charge in [-0.2, -0.15) is 0 Å². The third-order valence-corrected chi connectivity index (χ3v) is 3.19. The van der Waals surface area contributed by atoms with E-state index < -0.39 is 0 Å². The maximum atomic E-state index is 3.43. The smallest absolute Gasteiger partial charge is 0.0384 e. The third-order valence-electron chi connectivity index (χ3n) is 3.19. The lowest BCUT2D eigenvalue weighted by atomic mass is 9.90. The number of allylic oxidation sites excluding steroid dienone is 3. The van der Waals surface area contributed by atoms with Crippen LogP contribution in [0.25, 0.3) is 0 Å². The molecule has 1 aliphatic rings. The summed E-state index contributed by atoms with van der Waals surface area (Å²) in [5, 5.41) is 3.43. The second-order valence-corrected chi connectivity index (χ2v) is 4.69. The number of benzene rings is 1. The van der Waals surface area contributed by atoms with Gasteiger partial charge in [0, 0.05) is 11.4 Å². The average Bonchev–Trinajstić information content (AvgIpc) is 2.27. The molecule has 0 saturated heterocycles. The summed E-state index contributed by atoms with van der Waals surface area (Å²) in [5.74, 6) is 1.25. The van der Waals surface area contributed by atoms with E-state index in [0.29, 0.717) is 11.8 Å². The molecule has 0 fully saturated rings. The first-order valence-corrected chi connectivity index (χ1v) is 5.89. The zero-order valence-electron chi connectivity index (χ0n) is 10.2. The van der Waals surface area contributed by atoms with E-state index in [2.05, 4.69) is 68.6 Å². The third kappa shape index (κ3) is 2.54. The van der Waals surface area contributed by atoms with Crippen molar-refractivity contribution in [1.82, 2.24) is 0 Å². The molecular formula is C15H19N. The Morgan fingerprint density at radius 2 is 1.69 bits per heavy atom. The van der Waals surface area contributed by atoms with Crippen LogP contribution in [0.3, 0.4) is 0 Å². The predicted octanol–water partition coefficient (Wildman–Crippen LogP) is 4.13. The average molecular weight is 213 g/mol. The molecule has 0 aliphatic heterocycles. The zero-order chi connectivity index (χ0) is 11.5. The quantitative estimate of drug-likeness (QED) is 0.778. The van der Waals surface area contributed by atoms with Gasteiger partial charge in [-0.05, 0) is 37.0 Å². The minimum atomic E-state index is 0.609. The number of hydrogen-bond acceptors (Lipinski definition) is 1. The minimum absolute atomic E-state index is 0.609. The molecule has 1 N–H and O–H groups in total. The van der Waals surface area contributed by atoms with Crippen molar-refractivity contribution in [2.24, 2.45) is 11.8 Å². The van der Waals surface area contributed by atoms with Crippen molar-refractivity contribution in [3.05, 3.63) is 53.8 Å². The predicted molar refractivity (Wildman–Crippen MR) is 70.4 cm³/mol. The molecule has 0 spiro atoms. The molecular weight excluding hydrogens is 194 g/mol. The SMILES string of the molecule is Cc1ccc(NC2=CC(C)C(C)C=C2)cc1. The Bertz CT molecular complexity index is 412. The Kier molecular flexibility index (Phi) is 3.14. The van der Waals surface area contributed by atoms with Crippen LogP contribution in [0.5, 0.6) is 0 Å². The van der Waals surface area contributed by atoms with E-state index in [4.69, 9.17) is 0 Å². The number of rotatable bonds is 2. The number of anilines is 1. The number of hydrogen-bond donors (Lipinski definition) is 1. The fraction of sp³-hybridized carbons (Fsp3) is 0.333.